The molecule has 0 saturated heterocycles. The van der Waals surface area contributed by atoms with Crippen LogP contribution in [0.25, 0.3) is 28.0 Å². The topological polar surface area (TPSA) is 94.1 Å². The molecule has 0 fully saturated rings. The smallest absolute Gasteiger partial charge is 0.225 e. The van der Waals surface area contributed by atoms with Gasteiger partial charge in [-0.2, -0.15) is 4.98 Å². The second kappa shape index (κ2) is 8.38. The molecular weight excluding hydrogens is 378 g/mol. The molecule has 3 N–H and O–H groups in total. The Balaban J connectivity index is 1.84. The van der Waals surface area contributed by atoms with Crippen LogP contribution in [0.15, 0.2) is 54.6 Å². The van der Waals surface area contributed by atoms with E-state index in [-0.39, 0.29) is 0 Å². The first kappa shape index (κ1) is 19.7. The Kier molecular flexibility index (Phi) is 5.49. The molecule has 0 atom stereocenters. The number of methoxy groups -OCH3 is 1. The van der Waals surface area contributed by atoms with Gasteiger partial charge in [0.25, 0.3) is 0 Å². The number of nitrogens with one attached hydrogen (secondary N) is 1. The Morgan fingerprint density at radius 1 is 1.03 bits per heavy atom. The molecule has 8 nitrogen and oxygen atoms in total. The van der Waals surface area contributed by atoms with Crippen molar-refractivity contribution in [2.45, 2.75) is 0 Å². The molecule has 2 aromatic carbocycles. The van der Waals surface area contributed by atoms with Gasteiger partial charge in [0.15, 0.2) is 5.65 Å². The number of rotatable bonds is 7. The number of ether oxygens (including phenoxy) is 1. The van der Waals surface area contributed by atoms with Crippen LogP contribution in [0.5, 0.6) is 5.75 Å². The molecule has 4 aromatic rings. The normalized spacial score (nSPS) is 11.2. The average molecular weight is 403 g/mol. The molecule has 0 unspecified atom stereocenters. The number of nitrogen functional groups attached to an aromatic ring is 1. The van der Waals surface area contributed by atoms with Crippen molar-refractivity contribution in [3.05, 3.63) is 54.6 Å². The maximum Gasteiger partial charge on any atom is 0.225 e. The molecule has 4 rings (SSSR count). The summed E-state index contributed by atoms with van der Waals surface area (Å²) >= 11 is 0. The molecule has 0 aliphatic carbocycles. The number of nitrogens with two attached hydrogens (primary N) is 1. The van der Waals surface area contributed by atoms with E-state index < -0.39 is 0 Å². The van der Waals surface area contributed by atoms with Crippen LogP contribution in [0.2, 0.25) is 0 Å². The van der Waals surface area contributed by atoms with Gasteiger partial charge in [-0.3, -0.25) is 0 Å². The zero-order valence-corrected chi connectivity index (χ0v) is 17.3. The quantitative estimate of drug-likeness (QED) is 0.490. The van der Waals surface area contributed by atoms with Crippen molar-refractivity contribution in [3.8, 4) is 22.7 Å². The third-order valence-electron chi connectivity index (χ3n) is 4.78. The summed E-state index contributed by atoms with van der Waals surface area (Å²) in [5.74, 6) is 1.79. The molecule has 0 amide bonds. The fourth-order valence-electron chi connectivity index (χ4n) is 3.21. The van der Waals surface area contributed by atoms with Crippen LogP contribution < -0.4 is 15.8 Å². The molecule has 0 spiro atoms. The summed E-state index contributed by atoms with van der Waals surface area (Å²) in [4.78, 5) is 11.5. The van der Waals surface area contributed by atoms with Crippen molar-refractivity contribution in [2.24, 2.45) is 0 Å². The number of likely N-dealkylation sites (N-methyl/N-ethyl adjacent to an activating group) is 1. The van der Waals surface area contributed by atoms with Crippen molar-refractivity contribution < 1.29 is 4.74 Å². The number of benzene rings is 2. The van der Waals surface area contributed by atoms with Crippen LogP contribution in [0.1, 0.15) is 0 Å². The summed E-state index contributed by atoms with van der Waals surface area (Å²) in [7, 11) is 5.69. The SMILES string of the molecule is COc1ccc(-n2nc3nc(NCCN(C)C)nc(-c4ccccc4)c3c2N)cc1. The lowest BCUT2D eigenvalue weighted by Gasteiger charge is -2.11. The lowest BCUT2D eigenvalue weighted by Crippen LogP contribution is -2.21. The van der Waals surface area contributed by atoms with Gasteiger partial charge >= 0.3 is 0 Å². The predicted molar refractivity (Wildman–Crippen MR) is 120 cm³/mol. The number of anilines is 2. The third kappa shape index (κ3) is 3.90. The van der Waals surface area contributed by atoms with Crippen LogP contribution >= 0.6 is 0 Å². The summed E-state index contributed by atoms with van der Waals surface area (Å²) < 4.78 is 6.94. The number of fused-ring (bicyclic) bond motifs is 1. The standard InChI is InChI=1S/C22H25N7O/c1-28(2)14-13-24-22-25-19(15-7-5-4-6-8-15)18-20(23)29(27-21(18)26-22)16-9-11-17(30-3)12-10-16/h4-12H,13-14,23H2,1-3H3,(H,24,26,27). The zero-order chi connectivity index (χ0) is 21.1. The van der Waals surface area contributed by atoms with E-state index in [2.05, 4.69) is 20.3 Å². The number of hydrogen-bond acceptors (Lipinski definition) is 7. The van der Waals surface area contributed by atoms with Gasteiger partial charge in [0.05, 0.1) is 23.9 Å². The first-order valence-corrected chi connectivity index (χ1v) is 9.71. The van der Waals surface area contributed by atoms with E-state index in [0.29, 0.717) is 17.4 Å². The van der Waals surface area contributed by atoms with Crippen LogP contribution in [-0.2, 0) is 0 Å². The predicted octanol–water partition coefficient (Wildman–Crippen LogP) is 3.05. The van der Waals surface area contributed by atoms with Crippen molar-refractivity contribution in [1.82, 2.24) is 24.6 Å². The van der Waals surface area contributed by atoms with Gasteiger partial charge in [0.2, 0.25) is 5.95 Å². The highest BCUT2D eigenvalue weighted by Gasteiger charge is 2.19. The summed E-state index contributed by atoms with van der Waals surface area (Å²) in [6.45, 7) is 1.59. The van der Waals surface area contributed by atoms with Gasteiger partial charge in [0.1, 0.15) is 11.6 Å². The maximum atomic E-state index is 6.53. The van der Waals surface area contributed by atoms with Gasteiger partial charge in [-0.05, 0) is 38.4 Å². The lowest BCUT2D eigenvalue weighted by molar-refractivity contribution is 0.414. The van der Waals surface area contributed by atoms with E-state index in [4.69, 9.17) is 15.5 Å². The third-order valence-corrected chi connectivity index (χ3v) is 4.78. The van der Waals surface area contributed by atoms with Crippen LogP contribution in [0.3, 0.4) is 0 Å². The largest absolute Gasteiger partial charge is 0.497 e. The molecule has 0 radical (unpaired) electrons. The molecule has 30 heavy (non-hydrogen) atoms. The van der Waals surface area contributed by atoms with Gasteiger partial charge in [-0.15, -0.1) is 5.10 Å². The zero-order valence-electron chi connectivity index (χ0n) is 17.3. The number of hydrogen-bond donors (Lipinski definition) is 2. The van der Waals surface area contributed by atoms with E-state index in [1.54, 1.807) is 11.8 Å². The minimum atomic E-state index is 0.494. The fraction of sp³-hybridized carbons (Fsp3) is 0.227. The Bertz CT molecular complexity index is 1140. The lowest BCUT2D eigenvalue weighted by atomic mass is 10.1. The Morgan fingerprint density at radius 2 is 1.77 bits per heavy atom. The van der Waals surface area contributed by atoms with Crippen LogP contribution in [0.4, 0.5) is 11.8 Å². The minimum Gasteiger partial charge on any atom is -0.497 e. The second-order valence-corrected chi connectivity index (χ2v) is 7.19. The highest BCUT2D eigenvalue weighted by molar-refractivity contribution is 5.99. The van der Waals surface area contributed by atoms with Gasteiger partial charge in [-0.1, -0.05) is 30.3 Å². The average Bonchev–Trinajstić information content (AvgIpc) is 3.10. The van der Waals surface area contributed by atoms with E-state index in [1.165, 1.54) is 0 Å². The molecule has 0 saturated carbocycles. The Hall–Kier alpha value is -3.65. The Morgan fingerprint density at radius 3 is 2.43 bits per heavy atom. The first-order valence-electron chi connectivity index (χ1n) is 9.71. The molecule has 0 aliphatic rings. The van der Waals surface area contributed by atoms with Crippen molar-refractivity contribution in [3.63, 3.8) is 0 Å². The molecule has 0 aliphatic heterocycles. The monoisotopic (exact) mass is 403 g/mol. The van der Waals surface area contributed by atoms with Crippen molar-refractivity contribution in [1.29, 1.82) is 0 Å². The van der Waals surface area contributed by atoms with E-state index >= 15 is 0 Å². The highest BCUT2D eigenvalue weighted by Crippen LogP contribution is 2.32. The fourth-order valence-corrected chi connectivity index (χ4v) is 3.21. The summed E-state index contributed by atoms with van der Waals surface area (Å²) in [5, 5.41) is 8.70. The molecule has 2 aromatic heterocycles. The van der Waals surface area contributed by atoms with E-state index in [0.717, 1.165) is 41.2 Å². The van der Waals surface area contributed by atoms with Gasteiger partial charge in [-0.25, -0.2) is 9.67 Å². The second-order valence-electron chi connectivity index (χ2n) is 7.19. The molecule has 154 valence electrons. The Labute approximate surface area is 175 Å². The maximum absolute atomic E-state index is 6.53. The van der Waals surface area contributed by atoms with Gasteiger partial charge in [0, 0.05) is 18.7 Å². The summed E-state index contributed by atoms with van der Waals surface area (Å²) in [5.41, 5.74) is 9.62. The van der Waals surface area contributed by atoms with Crippen molar-refractivity contribution in [2.75, 3.05) is 45.3 Å². The van der Waals surface area contributed by atoms with E-state index in [9.17, 15) is 0 Å². The molecule has 0 bridgehead atoms. The highest BCUT2D eigenvalue weighted by atomic mass is 16.5. The molecule has 8 heteroatoms. The van der Waals surface area contributed by atoms with Crippen molar-refractivity contribution >= 4 is 22.8 Å². The first-order chi connectivity index (χ1) is 14.6. The molecular formula is C22H25N7O. The van der Waals surface area contributed by atoms with Gasteiger partial charge < -0.3 is 20.7 Å². The summed E-state index contributed by atoms with van der Waals surface area (Å²) in [6.07, 6.45) is 0. The van der Waals surface area contributed by atoms with E-state index in [1.807, 2.05) is 68.7 Å². The van der Waals surface area contributed by atoms with Crippen LogP contribution in [0, 0.1) is 0 Å². The number of aromatic nitrogens is 4. The number of nitrogens with zero attached hydrogens (tertiary/aromatic N) is 5. The van der Waals surface area contributed by atoms with Crippen LogP contribution in [-0.4, -0.2) is 58.9 Å². The molecule has 2 heterocycles. The minimum absolute atomic E-state index is 0.494. The summed E-state index contributed by atoms with van der Waals surface area (Å²) in [6, 6.07) is 17.5.